The van der Waals surface area contributed by atoms with E-state index in [4.69, 9.17) is 4.74 Å². The fourth-order valence-electron chi connectivity index (χ4n) is 2.83. The van der Waals surface area contributed by atoms with Gasteiger partial charge in [0.25, 0.3) is 0 Å². The smallest absolute Gasteiger partial charge is 0.0837 e. The van der Waals surface area contributed by atoms with Gasteiger partial charge in [0.05, 0.1) is 18.3 Å². The number of ether oxygens (including phenoxy) is 1. The molecule has 1 aliphatic heterocycles. The van der Waals surface area contributed by atoms with Crippen molar-refractivity contribution in [1.82, 2.24) is 0 Å². The molecule has 88 valence electrons. The zero-order valence-electron chi connectivity index (χ0n) is 10.3. The number of hydrogen-bond acceptors (Lipinski definition) is 2. The number of hydrogen-bond donors (Lipinski definition) is 1. The van der Waals surface area contributed by atoms with Crippen LogP contribution < -0.4 is 0 Å². The van der Waals surface area contributed by atoms with E-state index in [0.29, 0.717) is 11.5 Å². The Bertz CT molecular complexity index is 217. The maximum atomic E-state index is 10.4. The quantitative estimate of drug-likeness (QED) is 0.714. The Labute approximate surface area is 93.0 Å². The monoisotopic (exact) mass is 212 g/mol. The summed E-state index contributed by atoms with van der Waals surface area (Å²) >= 11 is 0. The Morgan fingerprint density at radius 1 is 1.27 bits per heavy atom. The summed E-state index contributed by atoms with van der Waals surface area (Å²) in [6.45, 7) is 7.80. The molecule has 1 saturated heterocycles. The third-order valence-electron chi connectivity index (χ3n) is 4.15. The van der Waals surface area contributed by atoms with Crippen molar-refractivity contribution < 1.29 is 9.84 Å². The van der Waals surface area contributed by atoms with Gasteiger partial charge in [0.2, 0.25) is 0 Å². The van der Waals surface area contributed by atoms with E-state index in [2.05, 4.69) is 20.8 Å². The number of epoxide rings is 1. The van der Waals surface area contributed by atoms with Crippen LogP contribution in [-0.2, 0) is 4.74 Å². The van der Waals surface area contributed by atoms with E-state index in [9.17, 15) is 5.11 Å². The summed E-state index contributed by atoms with van der Waals surface area (Å²) in [5.41, 5.74) is -0.0136. The third-order valence-corrected chi connectivity index (χ3v) is 4.15. The lowest BCUT2D eigenvalue weighted by Gasteiger charge is -2.41. The molecule has 0 amide bonds. The second kappa shape index (κ2) is 3.74. The molecule has 1 saturated carbocycles. The van der Waals surface area contributed by atoms with Gasteiger partial charge in [-0.1, -0.05) is 20.8 Å². The van der Waals surface area contributed by atoms with Gasteiger partial charge in [-0.2, -0.15) is 0 Å². The first-order chi connectivity index (χ1) is 6.89. The van der Waals surface area contributed by atoms with Gasteiger partial charge in [-0.25, -0.2) is 0 Å². The highest BCUT2D eigenvalue weighted by Crippen LogP contribution is 2.43. The Kier molecular flexibility index (Phi) is 2.85. The molecule has 0 spiro atoms. The van der Waals surface area contributed by atoms with E-state index in [-0.39, 0.29) is 0 Å². The van der Waals surface area contributed by atoms with Crippen molar-refractivity contribution in [3.05, 3.63) is 0 Å². The first-order valence-electron chi connectivity index (χ1n) is 6.23. The molecule has 1 heterocycles. The molecular weight excluding hydrogens is 188 g/mol. The van der Waals surface area contributed by atoms with Crippen molar-refractivity contribution in [3.63, 3.8) is 0 Å². The molecule has 1 N–H and O–H groups in total. The molecule has 2 fully saturated rings. The molecule has 0 radical (unpaired) electrons. The lowest BCUT2D eigenvalue weighted by atomic mass is 9.67. The van der Waals surface area contributed by atoms with Crippen LogP contribution in [0, 0.1) is 11.3 Å². The maximum absolute atomic E-state index is 10.4. The van der Waals surface area contributed by atoms with Crippen LogP contribution in [0.4, 0.5) is 0 Å². The van der Waals surface area contributed by atoms with Crippen molar-refractivity contribution in [2.24, 2.45) is 11.3 Å². The van der Waals surface area contributed by atoms with Crippen molar-refractivity contribution in [2.45, 2.75) is 64.6 Å². The van der Waals surface area contributed by atoms with Crippen LogP contribution in [0.1, 0.15) is 52.9 Å². The highest BCUT2D eigenvalue weighted by molar-refractivity contribution is 4.92. The number of rotatable bonds is 2. The SMILES string of the molecule is CC(C)(C)C1CCC(O)(CC2CO2)CC1. The largest absolute Gasteiger partial charge is 0.390 e. The minimum absolute atomic E-state index is 0.362. The normalized spacial score (nSPS) is 41.6. The van der Waals surface area contributed by atoms with Crippen LogP contribution in [-0.4, -0.2) is 23.4 Å². The molecule has 0 bridgehead atoms. The minimum atomic E-state index is -0.414. The van der Waals surface area contributed by atoms with Crippen molar-refractivity contribution in [2.75, 3.05) is 6.61 Å². The predicted octanol–water partition coefficient (Wildman–Crippen LogP) is 2.74. The minimum Gasteiger partial charge on any atom is -0.390 e. The van der Waals surface area contributed by atoms with Crippen molar-refractivity contribution in [1.29, 1.82) is 0 Å². The molecule has 0 aromatic rings. The molecule has 2 rings (SSSR count). The highest BCUT2D eigenvalue weighted by Gasteiger charge is 2.41. The van der Waals surface area contributed by atoms with Crippen LogP contribution in [0.5, 0.6) is 0 Å². The van der Waals surface area contributed by atoms with Crippen molar-refractivity contribution >= 4 is 0 Å². The first-order valence-corrected chi connectivity index (χ1v) is 6.23. The van der Waals surface area contributed by atoms with Crippen LogP contribution in [0.25, 0.3) is 0 Å². The number of aliphatic hydroxyl groups is 1. The van der Waals surface area contributed by atoms with E-state index in [1.165, 1.54) is 12.8 Å². The summed E-state index contributed by atoms with van der Waals surface area (Å²) in [6.07, 6.45) is 5.51. The van der Waals surface area contributed by atoms with E-state index in [1.54, 1.807) is 0 Å². The standard InChI is InChI=1S/C13H24O2/c1-12(2,3)10-4-6-13(14,7-5-10)8-11-9-15-11/h10-11,14H,4-9H2,1-3H3. The average molecular weight is 212 g/mol. The lowest BCUT2D eigenvalue weighted by Crippen LogP contribution is -2.38. The summed E-state index contributed by atoms with van der Waals surface area (Å²) in [7, 11) is 0. The Morgan fingerprint density at radius 3 is 2.20 bits per heavy atom. The van der Waals surface area contributed by atoms with Crippen LogP contribution in [0.2, 0.25) is 0 Å². The van der Waals surface area contributed by atoms with Crippen LogP contribution >= 0.6 is 0 Å². The molecule has 1 unspecified atom stereocenters. The molecule has 2 heteroatoms. The fraction of sp³-hybridized carbons (Fsp3) is 1.00. The predicted molar refractivity (Wildman–Crippen MR) is 60.7 cm³/mol. The van der Waals surface area contributed by atoms with E-state index >= 15 is 0 Å². The van der Waals surface area contributed by atoms with Crippen molar-refractivity contribution in [3.8, 4) is 0 Å². The molecule has 2 aliphatic rings. The third kappa shape index (κ3) is 2.94. The lowest BCUT2D eigenvalue weighted by molar-refractivity contribution is -0.0356. The maximum Gasteiger partial charge on any atom is 0.0837 e. The van der Waals surface area contributed by atoms with Gasteiger partial charge in [-0.3, -0.25) is 0 Å². The molecule has 15 heavy (non-hydrogen) atoms. The van der Waals surface area contributed by atoms with Gasteiger partial charge < -0.3 is 9.84 Å². The van der Waals surface area contributed by atoms with Crippen LogP contribution in [0.3, 0.4) is 0 Å². The Morgan fingerprint density at radius 2 is 1.80 bits per heavy atom. The fourth-order valence-corrected chi connectivity index (χ4v) is 2.83. The molecule has 2 nitrogen and oxygen atoms in total. The first kappa shape index (κ1) is 11.4. The van der Waals surface area contributed by atoms with Gasteiger partial charge in [-0.15, -0.1) is 0 Å². The van der Waals surface area contributed by atoms with E-state index in [0.717, 1.165) is 31.8 Å². The zero-order valence-corrected chi connectivity index (χ0v) is 10.3. The summed E-state index contributed by atoms with van der Waals surface area (Å²) in [5, 5.41) is 10.4. The zero-order chi connectivity index (χ0) is 11.1. The van der Waals surface area contributed by atoms with Gasteiger partial charge in [0, 0.05) is 6.42 Å². The molecule has 1 aliphatic carbocycles. The summed E-state index contributed by atoms with van der Waals surface area (Å²) in [5.74, 6) is 0.776. The van der Waals surface area contributed by atoms with Gasteiger partial charge in [-0.05, 0) is 37.0 Å². The summed E-state index contributed by atoms with van der Waals surface area (Å²) in [4.78, 5) is 0. The molecule has 0 aromatic heterocycles. The van der Waals surface area contributed by atoms with Gasteiger partial charge in [0.1, 0.15) is 0 Å². The second-order valence-corrected chi connectivity index (χ2v) is 6.52. The second-order valence-electron chi connectivity index (χ2n) is 6.52. The molecule has 0 aromatic carbocycles. The Balaban J connectivity index is 1.84. The molecule has 1 atom stereocenters. The van der Waals surface area contributed by atoms with E-state index in [1.807, 2.05) is 0 Å². The van der Waals surface area contributed by atoms with E-state index < -0.39 is 5.60 Å². The average Bonchev–Trinajstić information content (AvgIpc) is 2.86. The topological polar surface area (TPSA) is 32.8 Å². The molecular formula is C13H24O2. The highest BCUT2D eigenvalue weighted by atomic mass is 16.6. The summed E-state index contributed by atoms with van der Waals surface area (Å²) < 4.78 is 5.21. The summed E-state index contributed by atoms with van der Waals surface area (Å²) in [6, 6.07) is 0. The van der Waals surface area contributed by atoms with Crippen LogP contribution in [0.15, 0.2) is 0 Å². The van der Waals surface area contributed by atoms with Gasteiger partial charge >= 0.3 is 0 Å². The van der Waals surface area contributed by atoms with Gasteiger partial charge in [0.15, 0.2) is 0 Å². The Hall–Kier alpha value is -0.0800.